The Balaban J connectivity index is 2.15. The fraction of sp³-hybridized carbons (Fsp3) is 0.316. The van der Waals surface area contributed by atoms with Crippen LogP contribution in [0.2, 0.25) is 0 Å². The number of nitrogens with one attached hydrogen (secondary N) is 1. The van der Waals surface area contributed by atoms with Gasteiger partial charge in [0.15, 0.2) is 0 Å². The molecule has 0 spiro atoms. The third-order valence-corrected chi connectivity index (χ3v) is 3.83. The van der Waals surface area contributed by atoms with Crippen molar-refractivity contribution in [1.82, 2.24) is 9.88 Å². The van der Waals surface area contributed by atoms with Crippen LogP contribution in [0.5, 0.6) is 0 Å². The highest BCUT2D eigenvalue weighted by molar-refractivity contribution is 5.90. The zero-order valence-corrected chi connectivity index (χ0v) is 14.3. The molecule has 0 aliphatic rings. The third-order valence-electron chi connectivity index (χ3n) is 3.83. The number of urea groups is 1. The smallest absolute Gasteiger partial charge is 0.322 e. The lowest BCUT2D eigenvalue weighted by Gasteiger charge is -2.23. The van der Waals surface area contributed by atoms with Crippen LogP contribution in [0, 0.1) is 11.3 Å². The van der Waals surface area contributed by atoms with Gasteiger partial charge < -0.3 is 15.3 Å². The van der Waals surface area contributed by atoms with Crippen LogP contribution in [-0.4, -0.2) is 34.2 Å². The maximum absolute atomic E-state index is 12.7. The molecule has 0 fully saturated rings. The van der Waals surface area contributed by atoms with Crippen molar-refractivity contribution >= 4 is 11.7 Å². The lowest BCUT2D eigenvalue weighted by atomic mass is 10.1. The summed E-state index contributed by atoms with van der Waals surface area (Å²) in [6.45, 7) is 2.85. The monoisotopic (exact) mass is 338 g/mol. The number of aromatic nitrogens is 1. The Morgan fingerprint density at radius 2 is 2.24 bits per heavy atom. The number of aryl methyl sites for hydroxylation is 1. The molecule has 2 amide bonds. The number of amides is 2. The number of nitrogens with zero attached hydrogens (tertiary/aromatic N) is 3. The minimum Gasteiger partial charge on any atom is -0.396 e. The topological polar surface area (TPSA) is 89.2 Å². The molecule has 0 saturated heterocycles. The van der Waals surface area contributed by atoms with E-state index in [1.54, 1.807) is 35.5 Å². The molecule has 1 aromatic heterocycles. The van der Waals surface area contributed by atoms with E-state index >= 15 is 0 Å². The molecule has 0 saturated carbocycles. The van der Waals surface area contributed by atoms with E-state index in [2.05, 4.69) is 16.4 Å². The number of benzene rings is 1. The molecular formula is C19H22N4O2. The number of carbonyl (C=O) groups is 1. The van der Waals surface area contributed by atoms with Crippen LogP contribution in [0.3, 0.4) is 0 Å². The molecule has 2 N–H and O–H groups in total. The summed E-state index contributed by atoms with van der Waals surface area (Å²) in [7, 11) is 0. The minimum absolute atomic E-state index is 0.0217. The van der Waals surface area contributed by atoms with Gasteiger partial charge >= 0.3 is 6.03 Å². The van der Waals surface area contributed by atoms with Crippen LogP contribution in [-0.2, 0) is 13.0 Å². The Hall–Kier alpha value is -2.91. The predicted molar refractivity (Wildman–Crippen MR) is 95.9 cm³/mol. The molecule has 130 valence electrons. The first-order valence-corrected chi connectivity index (χ1v) is 8.26. The van der Waals surface area contributed by atoms with Crippen LogP contribution in [0.15, 0.2) is 42.7 Å². The van der Waals surface area contributed by atoms with Crippen LogP contribution in [0.4, 0.5) is 10.5 Å². The van der Waals surface area contributed by atoms with Gasteiger partial charge in [0.05, 0.1) is 11.6 Å². The van der Waals surface area contributed by atoms with Gasteiger partial charge in [-0.15, -0.1) is 0 Å². The maximum Gasteiger partial charge on any atom is 0.322 e. The van der Waals surface area contributed by atoms with Crippen LogP contribution < -0.4 is 5.32 Å². The average molecular weight is 338 g/mol. The van der Waals surface area contributed by atoms with E-state index < -0.39 is 0 Å². The normalized spacial score (nSPS) is 10.1. The zero-order valence-electron chi connectivity index (χ0n) is 14.3. The first-order valence-electron chi connectivity index (χ1n) is 8.26. The van der Waals surface area contributed by atoms with E-state index in [9.17, 15) is 4.79 Å². The summed E-state index contributed by atoms with van der Waals surface area (Å²) in [5, 5.41) is 21.0. The fourth-order valence-corrected chi connectivity index (χ4v) is 2.50. The highest BCUT2D eigenvalue weighted by Crippen LogP contribution is 2.19. The Kier molecular flexibility index (Phi) is 6.93. The summed E-state index contributed by atoms with van der Waals surface area (Å²) in [6.07, 6.45) is 4.62. The molecule has 0 radical (unpaired) electrons. The summed E-state index contributed by atoms with van der Waals surface area (Å²) >= 11 is 0. The second-order valence-corrected chi connectivity index (χ2v) is 5.63. The minimum atomic E-state index is -0.239. The molecule has 1 aromatic carbocycles. The molecule has 0 aliphatic heterocycles. The van der Waals surface area contributed by atoms with E-state index in [1.165, 1.54) is 0 Å². The Labute approximate surface area is 147 Å². The molecule has 6 nitrogen and oxygen atoms in total. The first-order chi connectivity index (χ1) is 12.2. The summed E-state index contributed by atoms with van der Waals surface area (Å²) in [4.78, 5) is 18.4. The summed E-state index contributed by atoms with van der Waals surface area (Å²) < 4.78 is 0. The lowest BCUT2D eigenvalue weighted by Crippen LogP contribution is -2.35. The molecule has 25 heavy (non-hydrogen) atoms. The van der Waals surface area contributed by atoms with Crippen molar-refractivity contribution in [2.75, 3.05) is 18.5 Å². The van der Waals surface area contributed by atoms with Gasteiger partial charge in [-0.3, -0.25) is 4.98 Å². The Morgan fingerprint density at radius 1 is 1.40 bits per heavy atom. The van der Waals surface area contributed by atoms with Crippen molar-refractivity contribution in [3.63, 3.8) is 0 Å². The molecule has 0 unspecified atom stereocenters. The molecule has 2 rings (SSSR count). The number of anilines is 1. The number of hydrogen-bond donors (Lipinski definition) is 2. The number of rotatable bonds is 7. The van der Waals surface area contributed by atoms with Crippen molar-refractivity contribution in [3.8, 4) is 6.07 Å². The molecule has 1 heterocycles. The van der Waals surface area contributed by atoms with Gasteiger partial charge in [-0.25, -0.2) is 4.79 Å². The van der Waals surface area contributed by atoms with Crippen LogP contribution >= 0.6 is 0 Å². The SMILES string of the molecule is CCc1cc(C#N)ccc1NC(=O)N(CCCO)Cc1cccnc1. The summed E-state index contributed by atoms with van der Waals surface area (Å²) in [5.74, 6) is 0. The molecule has 0 aliphatic carbocycles. The first kappa shape index (κ1) is 18.4. The van der Waals surface area contributed by atoms with Gasteiger partial charge in [0, 0.05) is 37.8 Å². The van der Waals surface area contributed by atoms with E-state index in [-0.39, 0.29) is 12.6 Å². The van der Waals surface area contributed by atoms with Crippen molar-refractivity contribution in [2.45, 2.75) is 26.3 Å². The number of carbonyl (C=O) groups excluding carboxylic acids is 1. The van der Waals surface area contributed by atoms with Crippen LogP contribution in [0.25, 0.3) is 0 Å². The van der Waals surface area contributed by atoms with Gasteiger partial charge in [0.1, 0.15) is 0 Å². The standard InChI is InChI=1S/C19H22N4O2/c1-2-17-11-15(12-20)6-7-18(17)22-19(25)23(9-4-10-24)14-16-5-3-8-21-13-16/h3,5-8,11,13,24H,2,4,9-10,14H2,1H3,(H,22,25). The Bertz CT molecular complexity index is 741. The third kappa shape index (κ3) is 5.30. The van der Waals surface area contributed by atoms with Crippen molar-refractivity contribution in [3.05, 3.63) is 59.4 Å². The highest BCUT2D eigenvalue weighted by Gasteiger charge is 2.15. The van der Waals surface area contributed by atoms with Crippen molar-refractivity contribution in [1.29, 1.82) is 5.26 Å². The van der Waals surface area contributed by atoms with E-state index in [0.29, 0.717) is 37.2 Å². The van der Waals surface area contributed by atoms with Gasteiger partial charge in [0.2, 0.25) is 0 Å². The van der Waals surface area contributed by atoms with E-state index in [4.69, 9.17) is 10.4 Å². The second-order valence-electron chi connectivity index (χ2n) is 5.63. The predicted octanol–water partition coefficient (Wildman–Crippen LogP) is 2.93. The van der Waals surface area contributed by atoms with Crippen LogP contribution in [0.1, 0.15) is 30.0 Å². The number of aliphatic hydroxyl groups is 1. The van der Waals surface area contributed by atoms with E-state index in [1.807, 2.05) is 19.1 Å². The molecule has 6 heteroatoms. The molecular weight excluding hydrogens is 316 g/mol. The molecule has 0 atom stereocenters. The number of aliphatic hydroxyl groups excluding tert-OH is 1. The number of nitriles is 1. The highest BCUT2D eigenvalue weighted by atomic mass is 16.3. The van der Waals surface area contributed by atoms with Gasteiger partial charge in [-0.05, 0) is 48.2 Å². The number of hydrogen-bond acceptors (Lipinski definition) is 4. The molecule has 2 aromatic rings. The zero-order chi connectivity index (χ0) is 18.1. The van der Waals surface area contributed by atoms with Gasteiger partial charge in [-0.1, -0.05) is 13.0 Å². The maximum atomic E-state index is 12.7. The second kappa shape index (κ2) is 9.40. The van der Waals surface area contributed by atoms with Crippen molar-refractivity contribution < 1.29 is 9.90 Å². The van der Waals surface area contributed by atoms with Gasteiger partial charge in [0.25, 0.3) is 0 Å². The Morgan fingerprint density at radius 3 is 2.88 bits per heavy atom. The van der Waals surface area contributed by atoms with Crippen molar-refractivity contribution in [2.24, 2.45) is 0 Å². The lowest BCUT2D eigenvalue weighted by molar-refractivity contribution is 0.199. The largest absolute Gasteiger partial charge is 0.396 e. The fourth-order valence-electron chi connectivity index (χ4n) is 2.50. The molecule has 0 bridgehead atoms. The quantitative estimate of drug-likeness (QED) is 0.812. The summed E-state index contributed by atoms with van der Waals surface area (Å²) in [5.41, 5.74) is 3.11. The number of pyridine rings is 1. The van der Waals surface area contributed by atoms with Gasteiger partial charge in [-0.2, -0.15) is 5.26 Å². The average Bonchev–Trinajstić information content (AvgIpc) is 2.66. The summed E-state index contributed by atoms with van der Waals surface area (Å²) in [6, 6.07) is 10.8. The van der Waals surface area contributed by atoms with E-state index in [0.717, 1.165) is 11.1 Å².